The molecular weight excluding hydrogens is 242 g/mol. The largest absolute Gasteiger partial charge is 0.373 e. The van der Waals surface area contributed by atoms with Crippen molar-refractivity contribution in [1.82, 2.24) is 10.5 Å². The Morgan fingerprint density at radius 1 is 1.37 bits per heavy atom. The van der Waals surface area contributed by atoms with Crippen LogP contribution in [0.15, 0.2) is 40.9 Å². The van der Waals surface area contributed by atoms with E-state index >= 15 is 0 Å². The highest BCUT2D eigenvalue weighted by Gasteiger charge is 2.10. The first-order valence-electron chi connectivity index (χ1n) is 6.14. The number of aryl methyl sites for hydroxylation is 1. The molecule has 0 fully saturated rings. The average Bonchev–Trinajstić information content (AvgIpc) is 2.86. The molecule has 0 unspecified atom stereocenters. The van der Waals surface area contributed by atoms with E-state index in [4.69, 9.17) is 4.52 Å². The van der Waals surface area contributed by atoms with Gasteiger partial charge in [0.05, 0.1) is 5.69 Å². The van der Waals surface area contributed by atoms with Crippen LogP contribution in [0.4, 0.5) is 5.69 Å². The fraction of sp³-hybridized carbons (Fsp3) is 0.286. The molecule has 1 N–H and O–H groups in total. The van der Waals surface area contributed by atoms with E-state index in [1.165, 1.54) is 0 Å². The van der Waals surface area contributed by atoms with Crippen LogP contribution in [0.2, 0.25) is 0 Å². The number of nitrogens with zero attached hydrogens (tertiary/aromatic N) is 2. The molecule has 0 radical (unpaired) electrons. The number of anilines is 1. The Bertz CT molecular complexity index is 537. The summed E-state index contributed by atoms with van der Waals surface area (Å²) in [7, 11) is 1.99. The molecule has 100 valence electrons. The number of nitrogens with one attached hydrogen (secondary N) is 1. The number of aromatic nitrogens is 1. The number of carbonyl (C=O) groups excluding carboxylic acids is 1. The highest BCUT2D eigenvalue weighted by atomic mass is 16.5. The SMILES string of the molecule is Cc1cc(C(=O)NCCN(C)c2ccccc2)on1. The van der Waals surface area contributed by atoms with Crippen LogP contribution in [0.25, 0.3) is 0 Å². The van der Waals surface area contributed by atoms with Gasteiger partial charge in [0.25, 0.3) is 5.91 Å². The van der Waals surface area contributed by atoms with E-state index in [0.717, 1.165) is 12.2 Å². The molecule has 5 heteroatoms. The third-order valence-electron chi connectivity index (χ3n) is 2.78. The summed E-state index contributed by atoms with van der Waals surface area (Å²) in [6.45, 7) is 3.05. The standard InChI is InChI=1S/C14H17N3O2/c1-11-10-13(19-16-11)14(18)15-8-9-17(2)12-6-4-3-5-7-12/h3-7,10H,8-9H2,1-2H3,(H,15,18). The molecule has 2 aromatic rings. The van der Waals surface area contributed by atoms with E-state index in [9.17, 15) is 4.79 Å². The molecule has 1 heterocycles. The lowest BCUT2D eigenvalue weighted by Crippen LogP contribution is -2.32. The average molecular weight is 259 g/mol. The molecule has 0 saturated heterocycles. The Labute approximate surface area is 112 Å². The van der Waals surface area contributed by atoms with Crippen molar-refractivity contribution in [2.24, 2.45) is 0 Å². The van der Waals surface area contributed by atoms with E-state index in [2.05, 4.69) is 15.4 Å². The molecule has 0 bridgehead atoms. The van der Waals surface area contributed by atoms with Crippen molar-refractivity contribution in [3.8, 4) is 0 Å². The number of likely N-dealkylation sites (N-methyl/N-ethyl adjacent to an activating group) is 1. The molecule has 0 aliphatic carbocycles. The van der Waals surface area contributed by atoms with Gasteiger partial charge in [-0.15, -0.1) is 0 Å². The summed E-state index contributed by atoms with van der Waals surface area (Å²) in [4.78, 5) is 13.8. The molecule has 5 nitrogen and oxygen atoms in total. The number of benzene rings is 1. The van der Waals surface area contributed by atoms with Crippen molar-refractivity contribution < 1.29 is 9.32 Å². The number of para-hydroxylation sites is 1. The monoisotopic (exact) mass is 259 g/mol. The fourth-order valence-corrected chi connectivity index (χ4v) is 1.71. The van der Waals surface area contributed by atoms with E-state index in [0.29, 0.717) is 12.2 Å². The lowest BCUT2D eigenvalue weighted by molar-refractivity contribution is 0.0918. The van der Waals surface area contributed by atoms with Gasteiger partial charge in [-0.05, 0) is 19.1 Å². The topological polar surface area (TPSA) is 58.4 Å². The quantitative estimate of drug-likeness (QED) is 0.890. The highest BCUT2D eigenvalue weighted by Crippen LogP contribution is 2.09. The molecule has 0 saturated carbocycles. The second kappa shape index (κ2) is 6.04. The molecule has 1 aromatic heterocycles. The van der Waals surface area contributed by atoms with Gasteiger partial charge in [0.15, 0.2) is 0 Å². The number of carbonyl (C=O) groups is 1. The summed E-state index contributed by atoms with van der Waals surface area (Å²) < 4.78 is 4.89. The molecule has 0 atom stereocenters. The summed E-state index contributed by atoms with van der Waals surface area (Å²) in [5.41, 5.74) is 1.82. The van der Waals surface area contributed by atoms with Crippen LogP contribution >= 0.6 is 0 Å². The molecule has 1 aromatic carbocycles. The van der Waals surface area contributed by atoms with Gasteiger partial charge >= 0.3 is 0 Å². The number of hydrogen-bond donors (Lipinski definition) is 1. The van der Waals surface area contributed by atoms with Gasteiger partial charge in [0.2, 0.25) is 5.76 Å². The van der Waals surface area contributed by atoms with Gasteiger partial charge in [-0.25, -0.2) is 0 Å². The molecule has 2 rings (SSSR count). The van der Waals surface area contributed by atoms with Crippen LogP contribution in [0.1, 0.15) is 16.2 Å². The summed E-state index contributed by atoms with van der Waals surface area (Å²) in [6.07, 6.45) is 0. The molecule has 1 amide bonds. The van der Waals surface area contributed by atoms with E-state index in [1.54, 1.807) is 13.0 Å². The third-order valence-corrected chi connectivity index (χ3v) is 2.78. The summed E-state index contributed by atoms with van der Waals surface area (Å²) in [5, 5.41) is 6.48. The molecule has 0 aliphatic heterocycles. The van der Waals surface area contributed by atoms with Gasteiger partial charge in [0, 0.05) is 31.9 Å². The second-order valence-corrected chi connectivity index (χ2v) is 4.35. The van der Waals surface area contributed by atoms with Crippen LogP contribution < -0.4 is 10.2 Å². The van der Waals surface area contributed by atoms with Gasteiger partial charge < -0.3 is 14.7 Å². The first-order valence-corrected chi connectivity index (χ1v) is 6.14. The lowest BCUT2D eigenvalue weighted by Gasteiger charge is -2.19. The molecule has 0 spiro atoms. The van der Waals surface area contributed by atoms with E-state index < -0.39 is 0 Å². The maximum Gasteiger partial charge on any atom is 0.289 e. The van der Waals surface area contributed by atoms with Crippen LogP contribution in [0.5, 0.6) is 0 Å². The van der Waals surface area contributed by atoms with Crippen molar-refractivity contribution >= 4 is 11.6 Å². The van der Waals surface area contributed by atoms with Gasteiger partial charge in [-0.1, -0.05) is 23.4 Å². The maximum atomic E-state index is 11.7. The summed E-state index contributed by atoms with van der Waals surface area (Å²) in [6, 6.07) is 11.6. The second-order valence-electron chi connectivity index (χ2n) is 4.35. The Hall–Kier alpha value is -2.30. The van der Waals surface area contributed by atoms with E-state index in [1.807, 2.05) is 37.4 Å². The minimum atomic E-state index is -0.234. The normalized spacial score (nSPS) is 10.2. The van der Waals surface area contributed by atoms with Gasteiger partial charge in [0.1, 0.15) is 0 Å². The first-order chi connectivity index (χ1) is 9.16. The van der Waals surface area contributed by atoms with Crippen molar-refractivity contribution in [3.63, 3.8) is 0 Å². The highest BCUT2D eigenvalue weighted by molar-refractivity contribution is 5.91. The summed E-state index contributed by atoms with van der Waals surface area (Å²) >= 11 is 0. The smallest absolute Gasteiger partial charge is 0.289 e. The van der Waals surface area contributed by atoms with Gasteiger partial charge in [-0.3, -0.25) is 4.79 Å². The maximum absolute atomic E-state index is 11.7. The predicted octanol–water partition coefficient (Wildman–Crippen LogP) is 1.85. The molecular formula is C14H17N3O2. The zero-order valence-electron chi connectivity index (χ0n) is 11.1. The van der Waals surface area contributed by atoms with Crippen molar-refractivity contribution in [1.29, 1.82) is 0 Å². The van der Waals surface area contributed by atoms with Crippen molar-refractivity contribution in [2.75, 3.05) is 25.0 Å². The number of rotatable bonds is 5. The van der Waals surface area contributed by atoms with Crippen molar-refractivity contribution in [2.45, 2.75) is 6.92 Å². The molecule has 19 heavy (non-hydrogen) atoms. The third kappa shape index (κ3) is 3.58. The van der Waals surface area contributed by atoms with Crippen LogP contribution in [0.3, 0.4) is 0 Å². The lowest BCUT2D eigenvalue weighted by atomic mass is 10.3. The number of amides is 1. The van der Waals surface area contributed by atoms with Gasteiger partial charge in [-0.2, -0.15) is 0 Å². The zero-order valence-corrected chi connectivity index (χ0v) is 11.1. The fourth-order valence-electron chi connectivity index (χ4n) is 1.71. The Morgan fingerprint density at radius 2 is 2.11 bits per heavy atom. The number of hydrogen-bond acceptors (Lipinski definition) is 4. The molecule has 0 aliphatic rings. The Balaban J connectivity index is 1.79. The van der Waals surface area contributed by atoms with Crippen LogP contribution in [-0.2, 0) is 0 Å². The first kappa shape index (κ1) is 13.1. The predicted molar refractivity (Wildman–Crippen MR) is 73.3 cm³/mol. The van der Waals surface area contributed by atoms with Crippen LogP contribution in [0, 0.1) is 6.92 Å². The minimum absolute atomic E-state index is 0.234. The zero-order chi connectivity index (χ0) is 13.7. The summed E-state index contributed by atoms with van der Waals surface area (Å²) in [5.74, 6) is 0.0157. The Kier molecular flexibility index (Phi) is 4.18. The van der Waals surface area contributed by atoms with Crippen molar-refractivity contribution in [3.05, 3.63) is 47.9 Å². The van der Waals surface area contributed by atoms with E-state index in [-0.39, 0.29) is 11.7 Å². The Morgan fingerprint density at radius 3 is 2.74 bits per heavy atom. The van der Waals surface area contributed by atoms with Crippen LogP contribution in [-0.4, -0.2) is 31.2 Å². The minimum Gasteiger partial charge on any atom is -0.373 e.